The van der Waals surface area contributed by atoms with Crippen LogP contribution in [0.15, 0.2) is 12.1 Å². The summed E-state index contributed by atoms with van der Waals surface area (Å²) < 4.78 is 13.2. The topological polar surface area (TPSA) is 52.0 Å². The molecule has 2 nitrogen and oxygen atoms in total. The predicted octanol–water partition coefficient (Wildman–Crippen LogP) is 2.09. The van der Waals surface area contributed by atoms with Crippen LogP contribution in [0.1, 0.15) is 11.6 Å². The summed E-state index contributed by atoms with van der Waals surface area (Å²) in [5.74, 6) is -0.479. The summed E-state index contributed by atoms with van der Waals surface area (Å²) in [4.78, 5) is 0. The van der Waals surface area contributed by atoms with Gasteiger partial charge in [0, 0.05) is 18.2 Å². The second kappa shape index (κ2) is 4.24. The van der Waals surface area contributed by atoms with Gasteiger partial charge in [0.25, 0.3) is 0 Å². The fraction of sp³-hybridized carbons (Fsp3) is 0.250. The minimum atomic E-state index is -0.619. The molecule has 0 bridgehead atoms. The van der Waals surface area contributed by atoms with Gasteiger partial charge in [0.05, 0.1) is 10.0 Å². The molecule has 0 saturated carbocycles. The Bertz CT molecular complexity index is 317. The Morgan fingerprint density at radius 1 is 1.38 bits per heavy atom. The fourth-order valence-electron chi connectivity index (χ4n) is 1.00. The van der Waals surface area contributed by atoms with Gasteiger partial charge in [-0.05, 0) is 12.1 Å². The van der Waals surface area contributed by atoms with E-state index >= 15 is 0 Å². The molecule has 0 aliphatic rings. The maximum atomic E-state index is 13.2. The highest BCUT2D eigenvalue weighted by Crippen LogP contribution is 2.30. The lowest BCUT2D eigenvalue weighted by atomic mass is 10.1. The SMILES string of the molecule is NCC(N)c1c(F)ccc(Cl)c1Cl. The van der Waals surface area contributed by atoms with Crippen LogP contribution >= 0.6 is 23.2 Å². The largest absolute Gasteiger partial charge is 0.329 e. The predicted molar refractivity (Wildman–Crippen MR) is 52.4 cm³/mol. The van der Waals surface area contributed by atoms with Crippen LogP contribution in [0.2, 0.25) is 10.0 Å². The van der Waals surface area contributed by atoms with Crippen molar-refractivity contribution in [3.05, 3.63) is 33.6 Å². The highest BCUT2D eigenvalue weighted by molar-refractivity contribution is 6.42. The monoisotopic (exact) mass is 222 g/mol. The molecule has 5 heteroatoms. The molecule has 0 saturated heterocycles. The molecule has 0 aliphatic carbocycles. The van der Waals surface area contributed by atoms with Gasteiger partial charge in [0.15, 0.2) is 0 Å². The van der Waals surface area contributed by atoms with Crippen LogP contribution < -0.4 is 11.5 Å². The second-order valence-corrected chi connectivity index (χ2v) is 3.38. The van der Waals surface area contributed by atoms with Crippen molar-refractivity contribution in [2.24, 2.45) is 11.5 Å². The number of benzene rings is 1. The summed E-state index contributed by atoms with van der Waals surface area (Å²) in [7, 11) is 0. The van der Waals surface area contributed by atoms with Gasteiger partial charge in [0.1, 0.15) is 5.82 Å². The van der Waals surface area contributed by atoms with Crippen molar-refractivity contribution in [3.63, 3.8) is 0 Å². The van der Waals surface area contributed by atoms with Gasteiger partial charge in [-0.3, -0.25) is 0 Å². The second-order valence-electron chi connectivity index (χ2n) is 2.60. The van der Waals surface area contributed by atoms with Gasteiger partial charge in [-0.15, -0.1) is 0 Å². The van der Waals surface area contributed by atoms with Crippen LogP contribution in [0.3, 0.4) is 0 Å². The first-order chi connectivity index (χ1) is 6.07. The van der Waals surface area contributed by atoms with Gasteiger partial charge in [-0.1, -0.05) is 23.2 Å². The summed E-state index contributed by atoms with van der Waals surface area (Å²) >= 11 is 11.5. The van der Waals surface area contributed by atoms with E-state index in [2.05, 4.69) is 0 Å². The molecule has 0 fully saturated rings. The van der Waals surface area contributed by atoms with Crippen molar-refractivity contribution >= 4 is 23.2 Å². The molecule has 0 aliphatic heterocycles. The number of nitrogens with two attached hydrogens (primary N) is 2. The molecule has 1 unspecified atom stereocenters. The Morgan fingerprint density at radius 2 is 2.00 bits per heavy atom. The van der Waals surface area contributed by atoms with Crippen LogP contribution in [0, 0.1) is 5.82 Å². The normalized spacial score (nSPS) is 13.0. The molecule has 0 radical (unpaired) electrons. The van der Waals surface area contributed by atoms with Crippen molar-refractivity contribution in [2.75, 3.05) is 6.54 Å². The van der Waals surface area contributed by atoms with Crippen LogP contribution in [0.25, 0.3) is 0 Å². The first kappa shape index (κ1) is 10.7. The first-order valence-corrected chi connectivity index (χ1v) is 4.42. The lowest BCUT2D eigenvalue weighted by Gasteiger charge is -2.12. The molecular weight excluding hydrogens is 214 g/mol. The van der Waals surface area contributed by atoms with Crippen molar-refractivity contribution in [3.8, 4) is 0 Å². The van der Waals surface area contributed by atoms with Crippen molar-refractivity contribution in [1.82, 2.24) is 0 Å². The lowest BCUT2D eigenvalue weighted by Crippen LogP contribution is -2.22. The summed E-state index contributed by atoms with van der Waals surface area (Å²) in [5, 5.41) is 0.418. The van der Waals surface area contributed by atoms with Crippen molar-refractivity contribution in [2.45, 2.75) is 6.04 Å². The Balaban J connectivity index is 3.25. The van der Waals surface area contributed by atoms with E-state index in [1.54, 1.807) is 0 Å². The molecule has 1 rings (SSSR count). The van der Waals surface area contributed by atoms with E-state index < -0.39 is 11.9 Å². The average molecular weight is 223 g/mol. The third-order valence-corrected chi connectivity index (χ3v) is 2.52. The molecule has 0 aromatic heterocycles. The van der Waals surface area contributed by atoms with Gasteiger partial charge in [0.2, 0.25) is 0 Å². The van der Waals surface area contributed by atoms with E-state index in [9.17, 15) is 4.39 Å². The fourth-order valence-corrected chi connectivity index (χ4v) is 1.46. The van der Waals surface area contributed by atoms with Gasteiger partial charge < -0.3 is 11.5 Å². The van der Waals surface area contributed by atoms with E-state index in [0.717, 1.165) is 0 Å². The molecule has 1 atom stereocenters. The Morgan fingerprint density at radius 3 is 2.54 bits per heavy atom. The van der Waals surface area contributed by atoms with E-state index in [1.165, 1.54) is 12.1 Å². The molecule has 72 valence electrons. The van der Waals surface area contributed by atoms with E-state index in [4.69, 9.17) is 34.7 Å². The number of hydrogen-bond acceptors (Lipinski definition) is 2. The summed E-state index contributed by atoms with van der Waals surface area (Å²) in [6.07, 6.45) is 0. The van der Waals surface area contributed by atoms with Crippen LogP contribution in [-0.2, 0) is 0 Å². The molecule has 0 spiro atoms. The number of hydrogen-bond donors (Lipinski definition) is 2. The Kier molecular flexibility index (Phi) is 3.50. The molecule has 1 aromatic rings. The molecular formula is C8H9Cl2FN2. The third-order valence-electron chi connectivity index (χ3n) is 1.70. The highest BCUT2D eigenvalue weighted by Gasteiger charge is 2.16. The van der Waals surface area contributed by atoms with Gasteiger partial charge >= 0.3 is 0 Å². The first-order valence-electron chi connectivity index (χ1n) is 3.67. The zero-order chi connectivity index (χ0) is 10.0. The summed E-state index contributed by atoms with van der Waals surface area (Å²) in [5.41, 5.74) is 11.0. The maximum absolute atomic E-state index is 13.2. The van der Waals surface area contributed by atoms with E-state index in [-0.39, 0.29) is 22.2 Å². The smallest absolute Gasteiger partial charge is 0.129 e. The zero-order valence-electron chi connectivity index (χ0n) is 6.73. The number of rotatable bonds is 2. The molecule has 0 heterocycles. The lowest BCUT2D eigenvalue weighted by molar-refractivity contribution is 0.584. The number of halogens is 3. The Labute approximate surface area is 85.6 Å². The van der Waals surface area contributed by atoms with Gasteiger partial charge in [-0.25, -0.2) is 4.39 Å². The van der Waals surface area contributed by atoms with Crippen LogP contribution in [-0.4, -0.2) is 6.54 Å². The average Bonchev–Trinajstić information content (AvgIpc) is 2.12. The summed E-state index contributed by atoms with van der Waals surface area (Å²) in [6, 6.07) is 1.98. The Hall–Kier alpha value is -0.350. The quantitative estimate of drug-likeness (QED) is 0.754. The molecule has 0 amide bonds. The van der Waals surface area contributed by atoms with Crippen LogP contribution in [0.4, 0.5) is 4.39 Å². The van der Waals surface area contributed by atoms with Gasteiger partial charge in [-0.2, -0.15) is 0 Å². The highest BCUT2D eigenvalue weighted by atomic mass is 35.5. The maximum Gasteiger partial charge on any atom is 0.129 e. The molecule has 1 aromatic carbocycles. The van der Waals surface area contributed by atoms with E-state index in [0.29, 0.717) is 0 Å². The minimum Gasteiger partial charge on any atom is -0.329 e. The van der Waals surface area contributed by atoms with Crippen LogP contribution in [0.5, 0.6) is 0 Å². The molecule has 4 N–H and O–H groups in total. The van der Waals surface area contributed by atoms with Crippen molar-refractivity contribution in [1.29, 1.82) is 0 Å². The minimum absolute atomic E-state index is 0.122. The van der Waals surface area contributed by atoms with E-state index in [1.807, 2.05) is 0 Å². The summed E-state index contributed by atoms with van der Waals surface area (Å²) in [6.45, 7) is 0.122. The molecule has 13 heavy (non-hydrogen) atoms. The third kappa shape index (κ3) is 2.11. The standard InChI is InChI=1S/C8H9Cl2FN2/c9-4-1-2-5(11)7(8(4)10)6(13)3-12/h1-2,6H,3,12-13H2. The van der Waals surface area contributed by atoms with Crippen molar-refractivity contribution < 1.29 is 4.39 Å². The zero-order valence-corrected chi connectivity index (χ0v) is 8.24.